The molecule has 0 saturated heterocycles. The van der Waals surface area contributed by atoms with Crippen LogP contribution >= 0.6 is 0 Å². The van der Waals surface area contributed by atoms with Gasteiger partial charge in [0.25, 0.3) is 5.91 Å². The van der Waals surface area contributed by atoms with Crippen LogP contribution in [-0.4, -0.2) is 18.4 Å². The van der Waals surface area contributed by atoms with E-state index in [0.717, 1.165) is 11.1 Å². The van der Waals surface area contributed by atoms with Crippen LogP contribution in [0.2, 0.25) is 0 Å². The largest absolute Gasteiger partial charge is 0.368 e. The van der Waals surface area contributed by atoms with Gasteiger partial charge in [0.05, 0.1) is 0 Å². The Bertz CT molecular complexity index is 416. The van der Waals surface area contributed by atoms with Crippen LogP contribution in [-0.2, 0) is 9.63 Å². The molecule has 0 unspecified atom stereocenters. The molecule has 5 heteroatoms. The molecule has 0 aromatic heterocycles. The second-order valence-corrected chi connectivity index (χ2v) is 3.49. The molecule has 0 spiro atoms. The van der Waals surface area contributed by atoms with Gasteiger partial charge in [-0.25, -0.2) is 5.48 Å². The summed E-state index contributed by atoms with van der Waals surface area (Å²) in [5.74, 6) is -1.04. The molecule has 0 radical (unpaired) electrons. The standard InChI is InChI=1S/C11H14N2O3/c1-7-3-4-9(5-8(7)2)11(15)13-16-6-10(12)14/h3-5H,6H2,1-2H3,(H2,12,14)(H,13,15). The van der Waals surface area contributed by atoms with Crippen LogP contribution < -0.4 is 11.2 Å². The number of carbonyl (C=O) groups excluding carboxylic acids is 2. The lowest BCUT2D eigenvalue weighted by Gasteiger charge is -2.06. The molecule has 1 aromatic carbocycles. The van der Waals surface area contributed by atoms with Crippen molar-refractivity contribution in [1.29, 1.82) is 0 Å². The summed E-state index contributed by atoms with van der Waals surface area (Å²) in [5.41, 5.74) is 9.58. The fourth-order valence-corrected chi connectivity index (χ4v) is 1.11. The van der Waals surface area contributed by atoms with Crippen LogP contribution in [0.4, 0.5) is 0 Å². The van der Waals surface area contributed by atoms with E-state index >= 15 is 0 Å². The first kappa shape index (κ1) is 12.2. The van der Waals surface area contributed by atoms with E-state index in [0.29, 0.717) is 5.56 Å². The molecule has 0 aliphatic carbocycles. The van der Waals surface area contributed by atoms with Crippen molar-refractivity contribution in [3.05, 3.63) is 34.9 Å². The Morgan fingerprint density at radius 2 is 2.00 bits per heavy atom. The van der Waals surface area contributed by atoms with Crippen molar-refractivity contribution in [2.45, 2.75) is 13.8 Å². The highest BCUT2D eigenvalue weighted by atomic mass is 16.7. The second-order valence-electron chi connectivity index (χ2n) is 3.49. The summed E-state index contributed by atoms with van der Waals surface area (Å²) in [4.78, 5) is 26.5. The van der Waals surface area contributed by atoms with Crippen molar-refractivity contribution in [2.75, 3.05) is 6.61 Å². The van der Waals surface area contributed by atoms with Crippen LogP contribution in [0.25, 0.3) is 0 Å². The smallest absolute Gasteiger partial charge is 0.274 e. The predicted octanol–water partition coefficient (Wildman–Crippen LogP) is 0.450. The molecule has 0 aliphatic heterocycles. The van der Waals surface area contributed by atoms with Crippen LogP contribution in [0.1, 0.15) is 21.5 Å². The molecular formula is C11H14N2O3. The van der Waals surface area contributed by atoms with Gasteiger partial charge >= 0.3 is 0 Å². The lowest BCUT2D eigenvalue weighted by atomic mass is 10.1. The minimum atomic E-state index is -0.639. The molecule has 0 saturated carbocycles. The molecule has 1 aromatic rings. The molecule has 0 aliphatic rings. The summed E-state index contributed by atoms with van der Waals surface area (Å²) in [6.45, 7) is 3.54. The number of hydroxylamine groups is 1. The van der Waals surface area contributed by atoms with Crippen LogP contribution in [0.3, 0.4) is 0 Å². The fourth-order valence-electron chi connectivity index (χ4n) is 1.11. The lowest BCUT2D eigenvalue weighted by molar-refractivity contribution is -0.124. The number of carbonyl (C=O) groups is 2. The Labute approximate surface area is 93.5 Å². The van der Waals surface area contributed by atoms with Crippen molar-refractivity contribution in [1.82, 2.24) is 5.48 Å². The van der Waals surface area contributed by atoms with Gasteiger partial charge < -0.3 is 5.73 Å². The van der Waals surface area contributed by atoms with Gasteiger partial charge in [-0.3, -0.25) is 14.4 Å². The summed E-state index contributed by atoms with van der Waals surface area (Å²) in [7, 11) is 0. The van der Waals surface area contributed by atoms with Gasteiger partial charge in [-0.2, -0.15) is 0 Å². The van der Waals surface area contributed by atoms with Crippen LogP contribution in [0.5, 0.6) is 0 Å². The van der Waals surface area contributed by atoms with E-state index < -0.39 is 11.8 Å². The molecule has 0 bridgehead atoms. The first-order chi connectivity index (χ1) is 7.50. The molecule has 0 atom stereocenters. The lowest BCUT2D eigenvalue weighted by Crippen LogP contribution is -2.29. The number of nitrogens with two attached hydrogens (primary N) is 1. The number of hydrogen-bond acceptors (Lipinski definition) is 3. The number of hydrogen-bond donors (Lipinski definition) is 2. The summed E-state index contributed by atoms with van der Waals surface area (Å²) in [6, 6.07) is 5.28. The third-order valence-electron chi connectivity index (χ3n) is 2.15. The van der Waals surface area contributed by atoms with E-state index in [9.17, 15) is 9.59 Å². The SMILES string of the molecule is Cc1ccc(C(=O)NOCC(N)=O)cc1C. The van der Waals surface area contributed by atoms with E-state index in [2.05, 4.69) is 10.3 Å². The number of amides is 2. The molecule has 1 rings (SSSR count). The molecule has 0 heterocycles. The first-order valence-corrected chi connectivity index (χ1v) is 4.78. The van der Waals surface area contributed by atoms with Gasteiger partial charge in [-0.15, -0.1) is 0 Å². The number of aryl methyl sites for hydroxylation is 2. The minimum absolute atomic E-state index is 0.337. The summed E-state index contributed by atoms with van der Waals surface area (Å²) < 4.78 is 0. The highest BCUT2D eigenvalue weighted by Crippen LogP contribution is 2.09. The van der Waals surface area contributed by atoms with Crippen molar-refractivity contribution < 1.29 is 14.4 Å². The summed E-state index contributed by atoms with van der Waals surface area (Å²) in [5, 5.41) is 0. The Balaban J connectivity index is 2.59. The zero-order valence-corrected chi connectivity index (χ0v) is 9.24. The Kier molecular flexibility index (Phi) is 4.02. The van der Waals surface area contributed by atoms with Gasteiger partial charge in [0, 0.05) is 5.56 Å². The van der Waals surface area contributed by atoms with Crippen molar-refractivity contribution >= 4 is 11.8 Å². The fraction of sp³-hybridized carbons (Fsp3) is 0.273. The minimum Gasteiger partial charge on any atom is -0.368 e. The molecule has 3 N–H and O–H groups in total. The van der Waals surface area contributed by atoms with Gasteiger partial charge in [0.2, 0.25) is 5.91 Å². The van der Waals surface area contributed by atoms with Crippen LogP contribution in [0, 0.1) is 13.8 Å². The Hall–Kier alpha value is -1.88. The normalized spacial score (nSPS) is 9.88. The Morgan fingerprint density at radius 1 is 1.31 bits per heavy atom. The van der Waals surface area contributed by atoms with Gasteiger partial charge in [0.15, 0.2) is 6.61 Å². The van der Waals surface area contributed by atoms with E-state index in [1.807, 2.05) is 19.9 Å². The molecule has 86 valence electrons. The van der Waals surface area contributed by atoms with Crippen LogP contribution in [0.15, 0.2) is 18.2 Å². The Morgan fingerprint density at radius 3 is 2.56 bits per heavy atom. The van der Waals surface area contributed by atoms with E-state index in [-0.39, 0.29) is 6.61 Å². The number of rotatable bonds is 4. The molecule has 5 nitrogen and oxygen atoms in total. The van der Waals surface area contributed by atoms with Crippen molar-refractivity contribution in [3.63, 3.8) is 0 Å². The molecule has 16 heavy (non-hydrogen) atoms. The maximum absolute atomic E-state index is 11.5. The maximum atomic E-state index is 11.5. The molecule has 2 amide bonds. The van der Waals surface area contributed by atoms with E-state index in [4.69, 9.17) is 5.73 Å². The average molecular weight is 222 g/mol. The summed E-state index contributed by atoms with van der Waals surface area (Å²) >= 11 is 0. The second kappa shape index (κ2) is 5.27. The third kappa shape index (κ3) is 3.36. The van der Waals surface area contributed by atoms with Gasteiger partial charge in [-0.1, -0.05) is 6.07 Å². The summed E-state index contributed by atoms with van der Waals surface area (Å²) in [6.07, 6.45) is 0. The highest BCUT2D eigenvalue weighted by molar-refractivity contribution is 5.93. The number of benzene rings is 1. The predicted molar refractivity (Wildman–Crippen MR) is 58.5 cm³/mol. The van der Waals surface area contributed by atoms with Gasteiger partial charge in [0.1, 0.15) is 0 Å². The van der Waals surface area contributed by atoms with Crippen molar-refractivity contribution in [3.8, 4) is 0 Å². The van der Waals surface area contributed by atoms with Gasteiger partial charge in [-0.05, 0) is 37.1 Å². The maximum Gasteiger partial charge on any atom is 0.274 e. The highest BCUT2D eigenvalue weighted by Gasteiger charge is 2.06. The molecule has 0 fully saturated rings. The zero-order valence-electron chi connectivity index (χ0n) is 9.24. The quantitative estimate of drug-likeness (QED) is 0.726. The average Bonchev–Trinajstić information content (AvgIpc) is 2.21. The first-order valence-electron chi connectivity index (χ1n) is 4.78. The number of nitrogens with one attached hydrogen (secondary N) is 1. The zero-order chi connectivity index (χ0) is 12.1. The monoisotopic (exact) mass is 222 g/mol. The third-order valence-corrected chi connectivity index (χ3v) is 2.15. The van der Waals surface area contributed by atoms with E-state index in [1.54, 1.807) is 12.1 Å². The van der Waals surface area contributed by atoms with E-state index in [1.165, 1.54) is 0 Å². The molecular weight excluding hydrogens is 208 g/mol. The van der Waals surface area contributed by atoms with Crippen molar-refractivity contribution in [2.24, 2.45) is 5.73 Å². The topological polar surface area (TPSA) is 81.4 Å². The number of primary amides is 1.